The molecule has 1 fully saturated rings. The zero-order chi connectivity index (χ0) is 12.3. The van der Waals surface area contributed by atoms with Crippen molar-refractivity contribution in [1.82, 2.24) is 9.80 Å². The van der Waals surface area contributed by atoms with E-state index in [0.717, 1.165) is 31.1 Å². The summed E-state index contributed by atoms with van der Waals surface area (Å²) in [5, 5.41) is 11.2. The first-order chi connectivity index (χ1) is 8.16. The highest BCUT2D eigenvalue weighted by Gasteiger charge is 2.22. The Morgan fingerprint density at radius 2 is 2.18 bits per heavy atom. The molecule has 1 aliphatic rings. The molecule has 1 atom stereocenters. The SMILES string of the molecule is CC(O)CN1CCN(C(=O)c2cccs2)CC1. The lowest BCUT2D eigenvalue weighted by atomic mass is 10.2. The van der Waals surface area contributed by atoms with Crippen molar-refractivity contribution in [2.24, 2.45) is 0 Å². The van der Waals surface area contributed by atoms with Crippen molar-refractivity contribution < 1.29 is 9.90 Å². The van der Waals surface area contributed by atoms with Crippen molar-refractivity contribution in [2.75, 3.05) is 32.7 Å². The Bertz CT molecular complexity index is 357. The Balaban J connectivity index is 1.85. The number of thiophene rings is 1. The summed E-state index contributed by atoms with van der Waals surface area (Å²) in [6.45, 7) is 5.70. The van der Waals surface area contributed by atoms with Gasteiger partial charge in [0.1, 0.15) is 0 Å². The molecule has 0 radical (unpaired) electrons. The molecule has 1 aromatic rings. The minimum atomic E-state index is -0.297. The van der Waals surface area contributed by atoms with Gasteiger partial charge >= 0.3 is 0 Å². The zero-order valence-electron chi connectivity index (χ0n) is 10.0. The minimum Gasteiger partial charge on any atom is -0.392 e. The summed E-state index contributed by atoms with van der Waals surface area (Å²) in [4.78, 5) is 17.0. The van der Waals surface area contributed by atoms with Crippen LogP contribution < -0.4 is 0 Å². The quantitative estimate of drug-likeness (QED) is 0.871. The molecule has 2 heterocycles. The number of amides is 1. The van der Waals surface area contributed by atoms with Crippen LogP contribution in [0, 0.1) is 0 Å². The molecular weight excluding hydrogens is 236 g/mol. The fourth-order valence-electron chi connectivity index (χ4n) is 2.06. The molecule has 2 rings (SSSR count). The smallest absolute Gasteiger partial charge is 0.264 e. The maximum absolute atomic E-state index is 12.1. The lowest BCUT2D eigenvalue weighted by Gasteiger charge is -2.35. The summed E-state index contributed by atoms with van der Waals surface area (Å²) >= 11 is 1.49. The summed E-state index contributed by atoms with van der Waals surface area (Å²) in [6, 6.07) is 3.77. The molecule has 1 aliphatic heterocycles. The Labute approximate surface area is 105 Å². The molecule has 5 heteroatoms. The summed E-state index contributed by atoms with van der Waals surface area (Å²) in [7, 11) is 0. The maximum atomic E-state index is 12.1. The van der Waals surface area contributed by atoms with Crippen LogP contribution in [0.1, 0.15) is 16.6 Å². The molecule has 0 aromatic carbocycles. The Hall–Kier alpha value is -0.910. The Kier molecular flexibility index (Phi) is 4.15. The standard InChI is InChI=1S/C12H18N2O2S/c1-10(15)9-13-4-6-14(7-5-13)12(16)11-3-2-8-17-11/h2-3,8,10,15H,4-7,9H2,1H3. The second kappa shape index (κ2) is 5.62. The van der Waals surface area contributed by atoms with Gasteiger partial charge in [-0.2, -0.15) is 0 Å². The molecule has 0 aliphatic carbocycles. The topological polar surface area (TPSA) is 43.8 Å². The molecule has 1 amide bonds. The van der Waals surface area contributed by atoms with Crippen LogP contribution in [0.3, 0.4) is 0 Å². The molecule has 1 aromatic heterocycles. The van der Waals surface area contributed by atoms with Gasteiger partial charge < -0.3 is 10.0 Å². The van der Waals surface area contributed by atoms with Crippen LogP contribution in [-0.4, -0.2) is 59.6 Å². The number of aliphatic hydroxyl groups excluding tert-OH is 1. The predicted molar refractivity (Wildman–Crippen MR) is 68.3 cm³/mol. The molecule has 94 valence electrons. The van der Waals surface area contributed by atoms with E-state index in [-0.39, 0.29) is 12.0 Å². The molecule has 1 unspecified atom stereocenters. The van der Waals surface area contributed by atoms with Gasteiger partial charge in [0.2, 0.25) is 0 Å². The van der Waals surface area contributed by atoms with Gasteiger partial charge in [-0.1, -0.05) is 6.07 Å². The largest absolute Gasteiger partial charge is 0.392 e. The van der Waals surface area contributed by atoms with E-state index in [1.54, 1.807) is 6.92 Å². The van der Waals surface area contributed by atoms with Crippen molar-refractivity contribution in [1.29, 1.82) is 0 Å². The van der Waals surface area contributed by atoms with E-state index < -0.39 is 0 Å². The lowest BCUT2D eigenvalue weighted by Crippen LogP contribution is -2.50. The van der Waals surface area contributed by atoms with Crippen LogP contribution in [0.15, 0.2) is 17.5 Å². The van der Waals surface area contributed by atoms with E-state index in [1.807, 2.05) is 22.4 Å². The third kappa shape index (κ3) is 3.28. The number of hydrogen-bond acceptors (Lipinski definition) is 4. The number of aliphatic hydroxyl groups is 1. The molecule has 0 bridgehead atoms. The highest BCUT2D eigenvalue weighted by molar-refractivity contribution is 7.12. The first kappa shape index (κ1) is 12.5. The highest BCUT2D eigenvalue weighted by Crippen LogP contribution is 2.13. The van der Waals surface area contributed by atoms with E-state index in [9.17, 15) is 9.90 Å². The van der Waals surface area contributed by atoms with Crippen LogP contribution in [-0.2, 0) is 0 Å². The van der Waals surface area contributed by atoms with Gasteiger partial charge in [-0.15, -0.1) is 11.3 Å². The van der Waals surface area contributed by atoms with Gasteiger partial charge in [-0.25, -0.2) is 0 Å². The second-order valence-corrected chi connectivity index (χ2v) is 5.37. The van der Waals surface area contributed by atoms with Gasteiger partial charge in [0.05, 0.1) is 11.0 Å². The molecule has 1 N–H and O–H groups in total. The molecule has 4 nitrogen and oxygen atoms in total. The normalized spacial score (nSPS) is 19.3. The monoisotopic (exact) mass is 254 g/mol. The number of piperazine rings is 1. The Morgan fingerprint density at radius 3 is 2.71 bits per heavy atom. The first-order valence-corrected chi connectivity index (χ1v) is 6.78. The van der Waals surface area contributed by atoms with Crippen LogP contribution >= 0.6 is 11.3 Å². The van der Waals surface area contributed by atoms with E-state index in [4.69, 9.17) is 0 Å². The molecule has 17 heavy (non-hydrogen) atoms. The minimum absolute atomic E-state index is 0.136. The maximum Gasteiger partial charge on any atom is 0.264 e. The molecule has 0 spiro atoms. The molecule has 0 saturated carbocycles. The average Bonchev–Trinajstić information content (AvgIpc) is 2.82. The van der Waals surface area contributed by atoms with Gasteiger partial charge in [-0.05, 0) is 18.4 Å². The predicted octanol–water partition coefficient (Wildman–Crippen LogP) is 0.887. The van der Waals surface area contributed by atoms with Gasteiger partial charge in [0.25, 0.3) is 5.91 Å². The van der Waals surface area contributed by atoms with Crippen molar-refractivity contribution in [3.63, 3.8) is 0 Å². The molecule has 1 saturated heterocycles. The number of carbonyl (C=O) groups excluding carboxylic acids is 1. The fraction of sp³-hybridized carbons (Fsp3) is 0.583. The fourth-order valence-corrected chi connectivity index (χ4v) is 2.75. The van der Waals surface area contributed by atoms with E-state index in [1.165, 1.54) is 11.3 Å². The van der Waals surface area contributed by atoms with Crippen LogP contribution in [0.2, 0.25) is 0 Å². The van der Waals surface area contributed by atoms with Gasteiger partial charge in [0.15, 0.2) is 0 Å². The average molecular weight is 254 g/mol. The number of β-amino-alcohol motifs (C(OH)–C–C–N with tert-alkyl or cyclic N) is 1. The van der Waals surface area contributed by atoms with Crippen LogP contribution in [0.25, 0.3) is 0 Å². The van der Waals surface area contributed by atoms with Crippen molar-refractivity contribution in [2.45, 2.75) is 13.0 Å². The van der Waals surface area contributed by atoms with Gasteiger partial charge in [0, 0.05) is 32.7 Å². The summed E-state index contributed by atoms with van der Waals surface area (Å²) in [6.07, 6.45) is -0.297. The van der Waals surface area contributed by atoms with Crippen molar-refractivity contribution in [3.05, 3.63) is 22.4 Å². The van der Waals surface area contributed by atoms with Crippen molar-refractivity contribution in [3.8, 4) is 0 Å². The number of carbonyl (C=O) groups is 1. The van der Waals surface area contributed by atoms with E-state index in [0.29, 0.717) is 6.54 Å². The number of nitrogens with zero attached hydrogens (tertiary/aromatic N) is 2. The van der Waals surface area contributed by atoms with E-state index >= 15 is 0 Å². The third-order valence-corrected chi connectivity index (χ3v) is 3.77. The number of hydrogen-bond donors (Lipinski definition) is 1. The van der Waals surface area contributed by atoms with Crippen molar-refractivity contribution >= 4 is 17.2 Å². The van der Waals surface area contributed by atoms with Crippen LogP contribution in [0.4, 0.5) is 0 Å². The van der Waals surface area contributed by atoms with E-state index in [2.05, 4.69) is 4.90 Å². The summed E-state index contributed by atoms with van der Waals surface area (Å²) in [5.41, 5.74) is 0. The second-order valence-electron chi connectivity index (χ2n) is 4.42. The first-order valence-electron chi connectivity index (χ1n) is 5.90. The third-order valence-electron chi connectivity index (χ3n) is 2.91. The highest BCUT2D eigenvalue weighted by atomic mass is 32.1. The van der Waals surface area contributed by atoms with Crippen LogP contribution in [0.5, 0.6) is 0 Å². The van der Waals surface area contributed by atoms with Gasteiger partial charge in [-0.3, -0.25) is 9.69 Å². The Morgan fingerprint density at radius 1 is 1.47 bits per heavy atom. The number of rotatable bonds is 3. The lowest BCUT2D eigenvalue weighted by molar-refractivity contribution is 0.0558. The summed E-state index contributed by atoms with van der Waals surface area (Å²) in [5.74, 6) is 0.136. The summed E-state index contributed by atoms with van der Waals surface area (Å²) < 4.78 is 0. The molecular formula is C12H18N2O2S. The zero-order valence-corrected chi connectivity index (χ0v) is 10.8.